The highest BCUT2D eigenvalue weighted by Crippen LogP contribution is 2.44. The number of allylic oxidation sites excluding steroid dienone is 3. The molecule has 0 spiro atoms. The highest BCUT2D eigenvalue weighted by molar-refractivity contribution is 7.90. The highest BCUT2D eigenvalue weighted by Gasteiger charge is 2.34. The second-order valence-electron chi connectivity index (χ2n) is 5.46. The van der Waals surface area contributed by atoms with Crippen molar-refractivity contribution in [3.8, 4) is 0 Å². The molecule has 1 unspecified atom stereocenters. The van der Waals surface area contributed by atoms with Crippen LogP contribution in [0.1, 0.15) is 45.4 Å². The van der Waals surface area contributed by atoms with Crippen LogP contribution in [-0.4, -0.2) is 13.0 Å². The van der Waals surface area contributed by atoms with E-state index in [0.29, 0.717) is 12.3 Å². The second-order valence-corrected chi connectivity index (χ2v) is 6.88. The maximum absolute atomic E-state index is 11.0. The molecular formula is C13H20O3S. The van der Waals surface area contributed by atoms with E-state index in [-0.39, 0.29) is 10.3 Å². The number of hydrogen-bond acceptors (Lipinski definition) is 2. The van der Waals surface area contributed by atoms with Gasteiger partial charge in [0.05, 0.1) is 4.91 Å². The lowest BCUT2D eigenvalue weighted by atomic mass is 9.67. The van der Waals surface area contributed by atoms with Crippen molar-refractivity contribution < 1.29 is 13.0 Å². The summed E-state index contributed by atoms with van der Waals surface area (Å²) in [4.78, 5) is 0.0470. The van der Waals surface area contributed by atoms with E-state index >= 15 is 0 Å². The van der Waals surface area contributed by atoms with E-state index in [2.05, 4.69) is 6.92 Å². The zero-order chi connectivity index (χ0) is 12.5. The van der Waals surface area contributed by atoms with Gasteiger partial charge in [-0.1, -0.05) is 38.3 Å². The van der Waals surface area contributed by atoms with Gasteiger partial charge >= 0.3 is 0 Å². The maximum Gasteiger partial charge on any atom is 0.294 e. The highest BCUT2D eigenvalue weighted by atomic mass is 32.2. The topological polar surface area (TPSA) is 54.4 Å². The lowest BCUT2D eigenvalue weighted by Crippen LogP contribution is -2.28. The Bertz CT molecular complexity index is 441. The maximum atomic E-state index is 11.0. The molecule has 2 aliphatic rings. The van der Waals surface area contributed by atoms with Crippen molar-refractivity contribution in [3.05, 3.63) is 23.1 Å². The van der Waals surface area contributed by atoms with E-state index in [4.69, 9.17) is 4.55 Å². The van der Waals surface area contributed by atoms with Crippen molar-refractivity contribution in [1.82, 2.24) is 0 Å². The van der Waals surface area contributed by atoms with Crippen LogP contribution in [-0.2, 0) is 10.1 Å². The van der Waals surface area contributed by atoms with Gasteiger partial charge in [-0.15, -0.1) is 0 Å². The summed E-state index contributed by atoms with van der Waals surface area (Å²) in [6.45, 7) is 2.19. The Labute approximate surface area is 103 Å². The fourth-order valence-electron chi connectivity index (χ4n) is 2.99. The fraction of sp³-hybridized carbons (Fsp3) is 0.692. The van der Waals surface area contributed by atoms with E-state index in [0.717, 1.165) is 0 Å². The normalized spacial score (nSPS) is 31.3. The Hall–Kier alpha value is -0.610. The summed E-state index contributed by atoms with van der Waals surface area (Å²) in [6, 6.07) is 0. The second kappa shape index (κ2) is 4.58. The molecular weight excluding hydrogens is 236 g/mol. The molecule has 0 bridgehead atoms. The summed E-state index contributed by atoms with van der Waals surface area (Å²) in [5, 5.41) is 0. The van der Waals surface area contributed by atoms with Gasteiger partial charge in [-0.05, 0) is 36.7 Å². The zero-order valence-corrected chi connectivity index (χ0v) is 11.0. The van der Waals surface area contributed by atoms with Gasteiger partial charge in [0.25, 0.3) is 10.1 Å². The molecule has 3 nitrogen and oxygen atoms in total. The first-order valence-electron chi connectivity index (χ1n) is 6.29. The van der Waals surface area contributed by atoms with Crippen LogP contribution >= 0.6 is 0 Å². The van der Waals surface area contributed by atoms with Crippen LogP contribution in [0.4, 0.5) is 0 Å². The predicted molar refractivity (Wildman–Crippen MR) is 68.1 cm³/mol. The van der Waals surface area contributed by atoms with E-state index < -0.39 is 10.1 Å². The van der Waals surface area contributed by atoms with Crippen molar-refractivity contribution >= 4 is 10.1 Å². The van der Waals surface area contributed by atoms with Crippen LogP contribution in [0.25, 0.3) is 0 Å². The average Bonchev–Trinajstić information content (AvgIpc) is 2.29. The SMILES string of the molecule is CC1(C2CCCCC2)C=CC(S(=O)(=O)O)=CC1. The fourth-order valence-corrected chi connectivity index (χ4v) is 3.52. The first-order valence-corrected chi connectivity index (χ1v) is 7.73. The molecule has 1 N–H and O–H groups in total. The molecule has 0 aromatic rings. The van der Waals surface area contributed by atoms with Crippen molar-refractivity contribution in [2.24, 2.45) is 11.3 Å². The third-order valence-electron chi connectivity index (χ3n) is 4.21. The third-order valence-corrected chi connectivity index (χ3v) is 5.11. The molecule has 1 saturated carbocycles. The van der Waals surface area contributed by atoms with Crippen LogP contribution in [0.2, 0.25) is 0 Å². The van der Waals surface area contributed by atoms with E-state index in [1.165, 1.54) is 32.1 Å². The minimum absolute atomic E-state index is 0.0470. The van der Waals surface area contributed by atoms with Crippen molar-refractivity contribution in [1.29, 1.82) is 0 Å². The van der Waals surface area contributed by atoms with Crippen LogP contribution in [0, 0.1) is 11.3 Å². The molecule has 96 valence electrons. The summed E-state index contributed by atoms with van der Waals surface area (Å²) in [7, 11) is -4.03. The van der Waals surface area contributed by atoms with E-state index in [1.54, 1.807) is 12.2 Å². The minimum Gasteiger partial charge on any atom is -0.282 e. The average molecular weight is 256 g/mol. The Balaban J connectivity index is 2.12. The van der Waals surface area contributed by atoms with E-state index in [1.807, 2.05) is 6.08 Å². The van der Waals surface area contributed by atoms with Gasteiger partial charge in [-0.25, -0.2) is 0 Å². The molecule has 0 aliphatic heterocycles. The number of rotatable bonds is 2. The summed E-state index contributed by atoms with van der Waals surface area (Å²) in [5.74, 6) is 0.645. The quantitative estimate of drug-likeness (QED) is 0.771. The lowest BCUT2D eigenvalue weighted by molar-refractivity contribution is 0.191. The first kappa shape index (κ1) is 12.8. The Kier molecular flexibility index (Phi) is 3.46. The molecule has 1 atom stereocenters. The first-order chi connectivity index (χ1) is 7.92. The molecule has 0 radical (unpaired) electrons. The molecule has 0 aromatic carbocycles. The summed E-state index contributed by atoms with van der Waals surface area (Å²) < 4.78 is 31.0. The summed E-state index contributed by atoms with van der Waals surface area (Å²) in [5.41, 5.74) is 0.0641. The molecule has 17 heavy (non-hydrogen) atoms. The molecule has 0 aromatic heterocycles. The molecule has 2 aliphatic carbocycles. The predicted octanol–water partition coefficient (Wildman–Crippen LogP) is 3.30. The van der Waals surface area contributed by atoms with Gasteiger partial charge in [0.2, 0.25) is 0 Å². The van der Waals surface area contributed by atoms with Gasteiger partial charge in [-0.3, -0.25) is 4.55 Å². The van der Waals surface area contributed by atoms with Gasteiger partial charge in [0, 0.05) is 0 Å². The van der Waals surface area contributed by atoms with Crippen molar-refractivity contribution in [3.63, 3.8) is 0 Å². The summed E-state index contributed by atoms with van der Waals surface area (Å²) >= 11 is 0. The Morgan fingerprint density at radius 2 is 1.94 bits per heavy atom. The molecule has 2 rings (SSSR count). The van der Waals surface area contributed by atoms with Crippen LogP contribution in [0.5, 0.6) is 0 Å². The minimum atomic E-state index is -4.03. The van der Waals surface area contributed by atoms with Gasteiger partial charge < -0.3 is 0 Å². The standard InChI is InChI=1S/C13H20O3S/c1-13(11-5-3-2-4-6-11)9-7-12(8-10-13)17(14,15)16/h7-9,11H,2-6,10H2,1H3,(H,14,15,16). The van der Waals surface area contributed by atoms with E-state index in [9.17, 15) is 8.42 Å². The van der Waals surface area contributed by atoms with Gasteiger partial charge in [-0.2, -0.15) is 8.42 Å². The lowest BCUT2D eigenvalue weighted by Gasteiger charge is -2.38. The van der Waals surface area contributed by atoms with Gasteiger partial charge in [0.1, 0.15) is 0 Å². The van der Waals surface area contributed by atoms with Crippen LogP contribution in [0.15, 0.2) is 23.1 Å². The molecule has 4 heteroatoms. The molecule has 1 fully saturated rings. The Morgan fingerprint density at radius 1 is 1.29 bits per heavy atom. The number of hydrogen-bond donors (Lipinski definition) is 1. The molecule has 0 heterocycles. The van der Waals surface area contributed by atoms with Gasteiger partial charge in [0.15, 0.2) is 0 Å². The molecule has 0 saturated heterocycles. The third kappa shape index (κ3) is 2.80. The Morgan fingerprint density at radius 3 is 2.41 bits per heavy atom. The van der Waals surface area contributed by atoms with Crippen molar-refractivity contribution in [2.75, 3.05) is 0 Å². The smallest absolute Gasteiger partial charge is 0.282 e. The van der Waals surface area contributed by atoms with Crippen molar-refractivity contribution in [2.45, 2.75) is 45.4 Å². The summed E-state index contributed by atoms with van der Waals surface area (Å²) in [6.07, 6.45) is 12.3. The van der Waals surface area contributed by atoms with Crippen LogP contribution < -0.4 is 0 Å². The largest absolute Gasteiger partial charge is 0.294 e. The monoisotopic (exact) mass is 256 g/mol. The zero-order valence-electron chi connectivity index (χ0n) is 10.2. The molecule has 0 amide bonds. The van der Waals surface area contributed by atoms with Crippen LogP contribution in [0.3, 0.4) is 0 Å².